The number of rotatable bonds is 9. The van der Waals surface area contributed by atoms with Gasteiger partial charge in [-0.2, -0.15) is 4.98 Å². The minimum Gasteiger partial charge on any atom is -0.497 e. The molecule has 176 valence electrons. The Bertz CT molecular complexity index is 1290. The molecule has 0 aliphatic carbocycles. The Balaban J connectivity index is 2.29. The molecule has 3 aromatic rings. The summed E-state index contributed by atoms with van der Waals surface area (Å²) in [5, 5.41) is 11.3. The summed E-state index contributed by atoms with van der Waals surface area (Å²) in [5.74, 6) is 0.389. The standard InChI is InChI=1S/C24H27BrN2O5S/c1-4-6-10-21-26-23(28)22(33(30,31)19-13-11-17(25)12-14-19)24(29)27(21)20(5-2)16-8-7-9-18(15-16)32-3/h7-9,11-15,20,29H,4-6,10H2,1-3H3. The van der Waals surface area contributed by atoms with Gasteiger partial charge in [-0.25, -0.2) is 8.42 Å². The van der Waals surface area contributed by atoms with Gasteiger partial charge in [-0.1, -0.05) is 48.3 Å². The quantitative estimate of drug-likeness (QED) is 0.419. The molecule has 0 aliphatic rings. The van der Waals surface area contributed by atoms with Crippen LogP contribution in [0.5, 0.6) is 11.6 Å². The van der Waals surface area contributed by atoms with Crippen LogP contribution in [-0.2, 0) is 16.3 Å². The number of aromatic hydroxyl groups is 1. The lowest BCUT2D eigenvalue weighted by Gasteiger charge is -2.25. The largest absolute Gasteiger partial charge is 0.497 e. The number of halogens is 1. The maximum absolute atomic E-state index is 13.4. The molecule has 0 fully saturated rings. The van der Waals surface area contributed by atoms with Gasteiger partial charge >= 0.3 is 0 Å². The molecule has 7 nitrogen and oxygen atoms in total. The molecule has 0 aliphatic heterocycles. The Labute approximate surface area is 202 Å². The van der Waals surface area contributed by atoms with Gasteiger partial charge in [-0.15, -0.1) is 0 Å². The van der Waals surface area contributed by atoms with Crippen molar-refractivity contribution in [1.29, 1.82) is 0 Å². The van der Waals surface area contributed by atoms with Crippen molar-refractivity contribution in [1.82, 2.24) is 9.55 Å². The summed E-state index contributed by atoms with van der Waals surface area (Å²) in [6.07, 6.45) is 2.55. The first-order valence-corrected chi connectivity index (χ1v) is 13.0. The molecule has 9 heteroatoms. The van der Waals surface area contributed by atoms with E-state index in [-0.39, 0.29) is 4.90 Å². The molecule has 2 aromatic carbocycles. The molecule has 1 unspecified atom stereocenters. The number of sulfone groups is 1. The van der Waals surface area contributed by atoms with Crippen LogP contribution in [-0.4, -0.2) is 30.2 Å². The molecule has 0 saturated carbocycles. The van der Waals surface area contributed by atoms with E-state index >= 15 is 0 Å². The van der Waals surface area contributed by atoms with Crippen molar-refractivity contribution in [3.8, 4) is 11.6 Å². The van der Waals surface area contributed by atoms with Crippen molar-refractivity contribution >= 4 is 25.8 Å². The first-order valence-electron chi connectivity index (χ1n) is 10.7. The van der Waals surface area contributed by atoms with Crippen LogP contribution in [0.4, 0.5) is 0 Å². The minimum atomic E-state index is -4.30. The molecule has 0 spiro atoms. The van der Waals surface area contributed by atoms with Gasteiger partial charge in [-0.3, -0.25) is 9.36 Å². The van der Waals surface area contributed by atoms with Crippen LogP contribution in [0.1, 0.15) is 50.5 Å². The number of unbranched alkanes of at least 4 members (excludes halogenated alkanes) is 1. The van der Waals surface area contributed by atoms with E-state index in [1.807, 2.05) is 32.0 Å². The first-order chi connectivity index (χ1) is 15.7. The minimum absolute atomic E-state index is 0.0952. The van der Waals surface area contributed by atoms with E-state index < -0.39 is 32.2 Å². The normalized spacial score (nSPS) is 12.5. The molecule has 0 bridgehead atoms. The van der Waals surface area contributed by atoms with Crippen LogP contribution in [0.2, 0.25) is 0 Å². The number of nitrogens with zero attached hydrogens (tertiary/aromatic N) is 2. The van der Waals surface area contributed by atoms with Crippen LogP contribution in [0, 0.1) is 0 Å². The maximum Gasteiger partial charge on any atom is 0.296 e. The van der Waals surface area contributed by atoms with Gasteiger partial charge in [0.1, 0.15) is 11.6 Å². The predicted molar refractivity (Wildman–Crippen MR) is 130 cm³/mol. The van der Waals surface area contributed by atoms with Gasteiger partial charge in [0.05, 0.1) is 18.0 Å². The molecule has 33 heavy (non-hydrogen) atoms. The topological polar surface area (TPSA) is 98.5 Å². The van der Waals surface area contributed by atoms with Crippen LogP contribution in [0.3, 0.4) is 0 Å². The highest BCUT2D eigenvalue weighted by Crippen LogP contribution is 2.34. The van der Waals surface area contributed by atoms with Gasteiger partial charge in [0.2, 0.25) is 15.7 Å². The molecule has 0 amide bonds. The van der Waals surface area contributed by atoms with Crippen molar-refractivity contribution < 1.29 is 18.3 Å². The Hall–Kier alpha value is -2.65. The van der Waals surface area contributed by atoms with Gasteiger partial charge in [0, 0.05) is 10.9 Å². The lowest BCUT2D eigenvalue weighted by atomic mass is 10.0. The van der Waals surface area contributed by atoms with Crippen LogP contribution in [0.15, 0.2) is 67.6 Å². The molecule has 0 radical (unpaired) electrons. The number of aryl methyl sites for hydroxylation is 1. The number of ether oxygens (including phenoxy) is 1. The third-order valence-electron chi connectivity index (χ3n) is 5.46. The predicted octanol–water partition coefficient (Wildman–Crippen LogP) is 4.89. The highest BCUT2D eigenvalue weighted by molar-refractivity contribution is 9.10. The van der Waals surface area contributed by atoms with E-state index in [0.29, 0.717) is 28.9 Å². The zero-order valence-electron chi connectivity index (χ0n) is 18.8. The van der Waals surface area contributed by atoms with Crippen LogP contribution < -0.4 is 10.3 Å². The Morgan fingerprint density at radius 3 is 2.45 bits per heavy atom. The monoisotopic (exact) mass is 534 g/mol. The number of hydrogen-bond donors (Lipinski definition) is 1. The summed E-state index contributed by atoms with van der Waals surface area (Å²) in [6.45, 7) is 3.93. The first kappa shape index (κ1) is 25.0. The summed E-state index contributed by atoms with van der Waals surface area (Å²) in [4.78, 5) is 16.3. The van der Waals surface area contributed by atoms with Crippen LogP contribution >= 0.6 is 15.9 Å². The molecule has 3 rings (SSSR count). The second kappa shape index (κ2) is 10.5. The van der Waals surface area contributed by atoms with Gasteiger partial charge < -0.3 is 9.84 Å². The summed E-state index contributed by atoms with van der Waals surface area (Å²) < 4.78 is 34.2. The van der Waals surface area contributed by atoms with Crippen molar-refractivity contribution in [2.45, 2.75) is 55.4 Å². The van der Waals surface area contributed by atoms with Crippen LogP contribution in [0.25, 0.3) is 0 Å². The number of methoxy groups -OCH3 is 1. The lowest BCUT2D eigenvalue weighted by Crippen LogP contribution is -2.27. The summed E-state index contributed by atoms with van der Waals surface area (Å²) in [6, 6.07) is 12.8. The summed E-state index contributed by atoms with van der Waals surface area (Å²) >= 11 is 3.28. The number of benzene rings is 2. The molecule has 1 aromatic heterocycles. The number of aromatic nitrogens is 2. The fraction of sp³-hybridized carbons (Fsp3) is 0.333. The Morgan fingerprint density at radius 2 is 1.85 bits per heavy atom. The second-order valence-corrected chi connectivity index (χ2v) is 10.4. The van der Waals surface area contributed by atoms with E-state index in [1.54, 1.807) is 25.3 Å². The molecule has 1 heterocycles. The highest BCUT2D eigenvalue weighted by atomic mass is 79.9. The molecular weight excluding hydrogens is 508 g/mol. The van der Waals surface area contributed by atoms with E-state index in [1.165, 1.54) is 16.7 Å². The van der Waals surface area contributed by atoms with Crippen molar-refractivity contribution in [2.75, 3.05) is 7.11 Å². The molecular formula is C24H27BrN2O5S. The maximum atomic E-state index is 13.4. The van der Waals surface area contributed by atoms with E-state index in [2.05, 4.69) is 20.9 Å². The Morgan fingerprint density at radius 1 is 1.15 bits per heavy atom. The number of hydrogen-bond acceptors (Lipinski definition) is 6. The fourth-order valence-corrected chi connectivity index (χ4v) is 5.38. The van der Waals surface area contributed by atoms with E-state index in [0.717, 1.165) is 18.4 Å². The summed E-state index contributed by atoms with van der Waals surface area (Å²) in [7, 11) is -2.74. The second-order valence-electron chi connectivity index (χ2n) is 7.62. The average Bonchev–Trinajstić information content (AvgIpc) is 2.80. The fourth-order valence-electron chi connectivity index (χ4n) is 3.77. The van der Waals surface area contributed by atoms with Crippen molar-refractivity contribution in [3.63, 3.8) is 0 Å². The third-order valence-corrected chi connectivity index (χ3v) is 7.77. The van der Waals surface area contributed by atoms with Gasteiger partial charge in [-0.05, 0) is 54.8 Å². The SMILES string of the molecule is CCCCc1nc(=O)c(S(=O)(=O)c2ccc(Br)cc2)c(O)n1C(CC)c1cccc(OC)c1. The smallest absolute Gasteiger partial charge is 0.296 e. The van der Waals surface area contributed by atoms with E-state index in [4.69, 9.17) is 4.74 Å². The molecule has 1 atom stereocenters. The van der Waals surface area contributed by atoms with Crippen molar-refractivity contribution in [3.05, 3.63) is 74.7 Å². The molecule has 0 saturated heterocycles. The highest BCUT2D eigenvalue weighted by Gasteiger charge is 2.31. The summed E-state index contributed by atoms with van der Waals surface area (Å²) in [5.41, 5.74) is -0.152. The molecule has 1 N–H and O–H groups in total. The lowest BCUT2D eigenvalue weighted by molar-refractivity contribution is 0.357. The zero-order chi connectivity index (χ0) is 24.2. The van der Waals surface area contributed by atoms with Gasteiger partial charge in [0.25, 0.3) is 5.56 Å². The van der Waals surface area contributed by atoms with Crippen molar-refractivity contribution in [2.24, 2.45) is 0 Å². The Kier molecular flexibility index (Phi) is 7.97. The van der Waals surface area contributed by atoms with E-state index in [9.17, 15) is 18.3 Å². The van der Waals surface area contributed by atoms with Gasteiger partial charge in [0.15, 0.2) is 4.90 Å². The average molecular weight is 535 g/mol. The third kappa shape index (κ3) is 5.14. The zero-order valence-corrected chi connectivity index (χ0v) is 21.2.